The largest absolute Gasteiger partial charge is 0.494 e. The van der Waals surface area contributed by atoms with Crippen molar-refractivity contribution in [3.05, 3.63) is 66.7 Å². The number of benzene rings is 3. The maximum atomic E-state index is 13.3. The molecule has 4 nitrogen and oxygen atoms in total. The summed E-state index contributed by atoms with van der Waals surface area (Å²) in [4.78, 5) is 0.264. The number of anilines is 1. The SMILES string of the molecule is CCCCOc1ccc(S(=O)(=O)N(CC)c2cccc3ccccc23)cc1. The van der Waals surface area contributed by atoms with Gasteiger partial charge in [-0.3, -0.25) is 4.31 Å². The summed E-state index contributed by atoms with van der Waals surface area (Å²) in [6, 6.07) is 20.2. The van der Waals surface area contributed by atoms with Crippen LogP contribution in [0.5, 0.6) is 5.75 Å². The number of nitrogens with zero attached hydrogens (tertiary/aromatic N) is 1. The zero-order valence-corrected chi connectivity index (χ0v) is 16.6. The predicted octanol–water partition coefficient (Wildman–Crippen LogP) is 5.23. The molecule has 0 N–H and O–H groups in total. The third-order valence-corrected chi connectivity index (χ3v) is 6.40. The van der Waals surface area contributed by atoms with Crippen LogP contribution in [0.4, 0.5) is 5.69 Å². The third kappa shape index (κ3) is 4.08. The molecule has 0 heterocycles. The molecule has 3 rings (SSSR count). The van der Waals surface area contributed by atoms with E-state index in [0.717, 1.165) is 23.6 Å². The Labute approximate surface area is 161 Å². The van der Waals surface area contributed by atoms with Crippen molar-refractivity contribution in [3.63, 3.8) is 0 Å². The summed E-state index contributed by atoms with van der Waals surface area (Å²) in [7, 11) is -3.66. The zero-order chi connectivity index (χ0) is 19.3. The highest BCUT2D eigenvalue weighted by molar-refractivity contribution is 7.92. The maximum Gasteiger partial charge on any atom is 0.264 e. The Morgan fingerprint density at radius 2 is 1.59 bits per heavy atom. The highest BCUT2D eigenvalue weighted by Gasteiger charge is 2.24. The third-order valence-electron chi connectivity index (χ3n) is 4.50. The molecule has 0 aliphatic carbocycles. The van der Waals surface area contributed by atoms with Gasteiger partial charge in [-0.1, -0.05) is 49.7 Å². The number of hydrogen-bond donors (Lipinski definition) is 0. The Balaban J connectivity index is 1.94. The fourth-order valence-electron chi connectivity index (χ4n) is 3.07. The van der Waals surface area contributed by atoms with Crippen molar-refractivity contribution < 1.29 is 13.2 Å². The molecule has 0 saturated heterocycles. The van der Waals surface area contributed by atoms with Crippen molar-refractivity contribution in [2.24, 2.45) is 0 Å². The van der Waals surface area contributed by atoms with Gasteiger partial charge in [-0.2, -0.15) is 0 Å². The first-order valence-corrected chi connectivity index (χ1v) is 10.7. The van der Waals surface area contributed by atoms with Crippen LogP contribution in [0.1, 0.15) is 26.7 Å². The minimum absolute atomic E-state index is 0.264. The van der Waals surface area contributed by atoms with Crippen molar-refractivity contribution >= 4 is 26.5 Å². The van der Waals surface area contributed by atoms with Gasteiger partial charge in [0.2, 0.25) is 0 Å². The second-order valence-corrected chi connectivity index (χ2v) is 8.20. The van der Waals surface area contributed by atoms with Gasteiger partial charge in [-0.15, -0.1) is 0 Å². The molecule has 0 amide bonds. The average molecular weight is 384 g/mol. The molecule has 142 valence electrons. The van der Waals surface area contributed by atoms with Crippen LogP contribution >= 0.6 is 0 Å². The van der Waals surface area contributed by atoms with Crippen LogP contribution in [-0.4, -0.2) is 21.6 Å². The number of ether oxygens (including phenoxy) is 1. The highest BCUT2D eigenvalue weighted by Crippen LogP contribution is 2.31. The van der Waals surface area contributed by atoms with E-state index < -0.39 is 10.0 Å². The Bertz CT molecular complexity index is 992. The number of sulfonamides is 1. The van der Waals surface area contributed by atoms with E-state index in [2.05, 4.69) is 6.92 Å². The molecule has 5 heteroatoms. The summed E-state index contributed by atoms with van der Waals surface area (Å²) in [5.74, 6) is 0.690. The lowest BCUT2D eigenvalue weighted by molar-refractivity contribution is 0.309. The summed E-state index contributed by atoms with van der Waals surface area (Å²) in [5.41, 5.74) is 0.693. The first-order valence-electron chi connectivity index (χ1n) is 9.31. The molecular formula is C22H25NO3S. The van der Waals surface area contributed by atoms with Gasteiger partial charge in [0, 0.05) is 11.9 Å². The molecule has 3 aromatic carbocycles. The molecule has 0 aliphatic heterocycles. The monoisotopic (exact) mass is 383 g/mol. The van der Waals surface area contributed by atoms with Crippen LogP contribution < -0.4 is 9.04 Å². The molecule has 0 spiro atoms. The van der Waals surface area contributed by atoms with E-state index in [0.29, 0.717) is 24.6 Å². The molecule has 0 fully saturated rings. The van der Waals surface area contributed by atoms with E-state index in [9.17, 15) is 8.42 Å². The van der Waals surface area contributed by atoms with Crippen LogP contribution in [0.15, 0.2) is 71.6 Å². The molecule has 0 aromatic heterocycles. The van der Waals surface area contributed by atoms with Crippen LogP contribution in [0.3, 0.4) is 0 Å². The van der Waals surface area contributed by atoms with Gasteiger partial charge in [0.05, 0.1) is 17.2 Å². The van der Waals surface area contributed by atoms with E-state index >= 15 is 0 Å². The van der Waals surface area contributed by atoms with Gasteiger partial charge >= 0.3 is 0 Å². The van der Waals surface area contributed by atoms with Crippen LogP contribution in [-0.2, 0) is 10.0 Å². The summed E-state index contributed by atoms with van der Waals surface area (Å²) in [6.07, 6.45) is 2.04. The standard InChI is InChI=1S/C22H25NO3S/c1-3-5-17-26-19-13-15-20(16-14-19)27(24,25)23(4-2)22-12-8-10-18-9-6-7-11-21(18)22/h6-16H,3-5,17H2,1-2H3. The number of hydrogen-bond acceptors (Lipinski definition) is 3. The number of rotatable bonds is 8. The maximum absolute atomic E-state index is 13.3. The quantitative estimate of drug-likeness (QED) is 0.500. The van der Waals surface area contributed by atoms with Gasteiger partial charge in [0.15, 0.2) is 0 Å². The Kier molecular flexibility index (Phi) is 6.01. The summed E-state index contributed by atoms with van der Waals surface area (Å²) < 4.78 is 33.6. The fourth-order valence-corrected chi connectivity index (χ4v) is 4.56. The van der Waals surface area contributed by atoms with Gasteiger partial charge in [-0.25, -0.2) is 8.42 Å². The Morgan fingerprint density at radius 3 is 2.30 bits per heavy atom. The van der Waals surface area contributed by atoms with Gasteiger partial charge < -0.3 is 4.74 Å². The molecule has 27 heavy (non-hydrogen) atoms. The molecule has 0 bridgehead atoms. The summed E-state index contributed by atoms with van der Waals surface area (Å²) >= 11 is 0. The Hall–Kier alpha value is -2.53. The first kappa shape index (κ1) is 19.2. The van der Waals surface area contributed by atoms with Crippen molar-refractivity contribution in [1.29, 1.82) is 0 Å². The van der Waals surface area contributed by atoms with Crippen molar-refractivity contribution in [2.75, 3.05) is 17.5 Å². The lowest BCUT2D eigenvalue weighted by atomic mass is 10.1. The highest BCUT2D eigenvalue weighted by atomic mass is 32.2. The second kappa shape index (κ2) is 8.44. The number of fused-ring (bicyclic) bond motifs is 1. The minimum atomic E-state index is -3.66. The normalized spacial score (nSPS) is 11.5. The lowest BCUT2D eigenvalue weighted by Gasteiger charge is -2.24. The van der Waals surface area contributed by atoms with Gasteiger partial charge in [0.1, 0.15) is 5.75 Å². The van der Waals surface area contributed by atoms with Crippen LogP contribution in [0.25, 0.3) is 10.8 Å². The van der Waals surface area contributed by atoms with E-state index in [-0.39, 0.29) is 4.90 Å². The Morgan fingerprint density at radius 1 is 0.889 bits per heavy atom. The van der Waals surface area contributed by atoms with E-state index in [1.165, 1.54) is 4.31 Å². The fraction of sp³-hybridized carbons (Fsp3) is 0.273. The van der Waals surface area contributed by atoms with Gasteiger partial charge in [0.25, 0.3) is 10.0 Å². The lowest BCUT2D eigenvalue weighted by Crippen LogP contribution is -2.30. The molecule has 0 unspecified atom stereocenters. The minimum Gasteiger partial charge on any atom is -0.494 e. The average Bonchev–Trinajstić information content (AvgIpc) is 2.69. The summed E-state index contributed by atoms with van der Waals surface area (Å²) in [5, 5.41) is 1.94. The van der Waals surface area contributed by atoms with E-state index in [4.69, 9.17) is 4.74 Å². The van der Waals surface area contributed by atoms with Gasteiger partial charge in [-0.05, 0) is 49.1 Å². The van der Waals surface area contributed by atoms with Crippen LogP contribution in [0, 0.1) is 0 Å². The molecule has 3 aromatic rings. The molecule has 0 atom stereocenters. The topological polar surface area (TPSA) is 46.6 Å². The molecule has 0 radical (unpaired) electrons. The molecule has 0 saturated carbocycles. The van der Waals surface area contributed by atoms with Crippen molar-refractivity contribution in [2.45, 2.75) is 31.6 Å². The first-order chi connectivity index (χ1) is 13.1. The second-order valence-electron chi connectivity index (χ2n) is 6.34. The predicted molar refractivity (Wildman–Crippen MR) is 111 cm³/mol. The smallest absolute Gasteiger partial charge is 0.264 e. The molecule has 0 aliphatic rings. The van der Waals surface area contributed by atoms with Crippen molar-refractivity contribution in [1.82, 2.24) is 0 Å². The van der Waals surface area contributed by atoms with Crippen molar-refractivity contribution in [3.8, 4) is 5.75 Å². The van der Waals surface area contributed by atoms with E-state index in [1.54, 1.807) is 24.3 Å². The van der Waals surface area contributed by atoms with Crippen LogP contribution in [0.2, 0.25) is 0 Å². The summed E-state index contributed by atoms with van der Waals surface area (Å²) in [6.45, 7) is 4.94. The van der Waals surface area contributed by atoms with E-state index in [1.807, 2.05) is 49.4 Å². The molecular weight excluding hydrogens is 358 g/mol. The number of unbranched alkanes of at least 4 members (excludes halogenated alkanes) is 1. The zero-order valence-electron chi connectivity index (χ0n) is 15.8.